The topological polar surface area (TPSA) is 159 Å². The van der Waals surface area contributed by atoms with Crippen molar-refractivity contribution < 1.29 is 45.6 Å². The second-order valence-electron chi connectivity index (χ2n) is 11.4. The number of nitrogens with one attached hydrogen (secondary N) is 3. The zero-order valence-electron chi connectivity index (χ0n) is 25.4. The number of carbonyl (C=O) groups excluding carboxylic acids is 5. The second-order valence-corrected chi connectivity index (χ2v) is 14.0. The van der Waals surface area contributed by atoms with Crippen LogP contribution in [0.3, 0.4) is 0 Å². The molecule has 1 aliphatic heterocycles. The van der Waals surface area contributed by atoms with Crippen LogP contribution in [0.25, 0.3) is 0 Å². The summed E-state index contributed by atoms with van der Waals surface area (Å²) in [7, 11) is -4.16. The van der Waals surface area contributed by atoms with Gasteiger partial charge in [0.15, 0.2) is 0 Å². The maximum absolute atomic E-state index is 13.6. The molecule has 1 heterocycles. The standard InChI is InChI=1S/C30H34BrF3N4O7S/c1-16(2)23(25(39)30(32,33)34)35-28(42)22-6-5-15-38(22)29(43)24(17(3)4)36-26(40)18-7-9-19(10-8-18)27(41)37-46(44,45)21-13-11-20(31)12-14-21/h7-14,16-17,22-24H,5-6,15H2,1-4H3,(H,35,42)(H,36,40)(H,37,41)/t22-,23?,24-/m0/s1. The van der Waals surface area contributed by atoms with Crippen molar-refractivity contribution in [2.24, 2.45) is 11.8 Å². The van der Waals surface area contributed by atoms with E-state index in [1.54, 1.807) is 13.8 Å². The first-order valence-electron chi connectivity index (χ1n) is 14.3. The third-order valence-electron chi connectivity index (χ3n) is 7.34. The summed E-state index contributed by atoms with van der Waals surface area (Å²) in [5.74, 6) is -6.57. The number of sulfonamides is 1. The van der Waals surface area contributed by atoms with Crippen molar-refractivity contribution in [1.29, 1.82) is 0 Å². The van der Waals surface area contributed by atoms with Gasteiger partial charge in [0, 0.05) is 22.1 Å². The molecule has 1 fully saturated rings. The predicted molar refractivity (Wildman–Crippen MR) is 164 cm³/mol. The van der Waals surface area contributed by atoms with Gasteiger partial charge in [0.05, 0.1) is 10.9 Å². The molecule has 1 aliphatic rings. The minimum absolute atomic E-state index is 0.0481. The maximum Gasteiger partial charge on any atom is 0.452 e. The molecule has 1 saturated heterocycles. The fourth-order valence-corrected chi connectivity index (χ4v) is 6.05. The van der Waals surface area contributed by atoms with Gasteiger partial charge in [-0.1, -0.05) is 43.6 Å². The fourth-order valence-electron chi connectivity index (χ4n) is 4.81. The van der Waals surface area contributed by atoms with E-state index < -0.39 is 75.6 Å². The van der Waals surface area contributed by atoms with Crippen LogP contribution in [-0.4, -0.2) is 73.6 Å². The highest BCUT2D eigenvalue weighted by Gasteiger charge is 2.46. The van der Waals surface area contributed by atoms with Crippen LogP contribution in [0, 0.1) is 11.8 Å². The molecular formula is C30H34BrF3N4O7S. The predicted octanol–water partition coefficient (Wildman–Crippen LogP) is 3.59. The molecular weight excluding hydrogens is 697 g/mol. The van der Waals surface area contributed by atoms with E-state index in [4.69, 9.17) is 0 Å². The molecule has 0 spiro atoms. The summed E-state index contributed by atoms with van der Waals surface area (Å²) in [6.07, 6.45) is -4.62. The van der Waals surface area contributed by atoms with Crippen molar-refractivity contribution >= 4 is 55.4 Å². The molecule has 16 heteroatoms. The summed E-state index contributed by atoms with van der Waals surface area (Å²) in [5.41, 5.74) is -0.00438. The number of carbonyl (C=O) groups is 5. The smallest absolute Gasteiger partial charge is 0.344 e. The summed E-state index contributed by atoms with van der Waals surface area (Å²) in [6.45, 7) is 6.15. The molecule has 3 rings (SSSR count). The van der Waals surface area contributed by atoms with Crippen molar-refractivity contribution in [2.45, 2.75) is 69.7 Å². The van der Waals surface area contributed by atoms with E-state index in [9.17, 15) is 45.6 Å². The number of hydrogen-bond acceptors (Lipinski definition) is 7. The van der Waals surface area contributed by atoms with E-state index in [0.29, 0.717) is 10.9 Å². The number of ketones is 1. The quantitative estimate of drug-likeness (QED) is 0.319. The molecule has 2 aromatic rings. The van der Waals surface area contributed by atoms with Gasteiger partial charge in [-0.3, -0.25) is 24.0 Å². The Morgan fingerprint density at radius 1 is 0.826 bits per heavy atom. The second kappa shape index (κ2) is 14.8. The van der Waals surface area contributed by atoms with Crippen molar-refractivity contribution in [2.75, 3.05) is 6.54 Å². The zero-order chi connectivity index (χ0) is 34.6. The summed E-state index contributed by atoms with van der Waals surface area (Å²) < 4.78 is 67.0. The van der Waals surface area contributed by atoms with Crippen LogP contribution >= 0.6 is 15.9 Å². The van der Waals surface area contributed by atoms with Gasteiger partial charge in [-0.05, 0) is 73.2 Å². The number of halogens is 4. The lowest BCUT2D eigenvalue weighted by Gasteiger charge is -2.32. The van der Waals surface area contributed by atoms with Gasteiger partial charge in [0.2, 0.25) is 11.8 Å². The summed E-state index contributed by atoms with van der Waals surface area (Å²) in [4.78, 5) is 65.3. The molecule has 0 bridgehead atoms. The third-order valence-corrected chi connectivity index (χ3v) is 9.22. The van der Waals surface area contributed by atoms with Crippen LogP contribution in [0.4, 0.5) is 13.2 Å². The lowest BCUT2D eigenvalue weighted by molar-refractivity contribution is -0.175. The summed E-state index contributed by atoms with van der Waals surface area (Å²) in [6, 6.07) is 6.56. The third kappa shape index (κ3) is 8.93. The Balaban J connectivity index is 1.70. The summed E-state index contributed by atoms with van der Waals surface area (Å²) in [5, 5.41) is 4.78. The van der Waals surface area contributed by atoms with E-state index in [2.05, 4.69) is 26.6 Å². The van der Waals surface area contributed by atoms with Crippen molar-refractivity contribution in [3.8, 4) is 0 Å². The number of likely N-dealkylation sites (tertiary alicyclic amines) is 1. The average molecular weight is 732 g/mol. The minimum atomic E-state index is -5.15. The van der Waals surface area contributed by atoms with Crippen LogP contribution in [-0.2, 0) is 24.4 Å². The van der Waals surface area contributed by atoms with E-state index in [0.717, 1.165) is 0 Å². The zero-order valence-corrected chi connectivity index (χ0v) is 27.8. The van der Waals surface area contributed by atoms with Gasteiger partial charge < -0.3 is 15.5 Å². The Morgan fingerprint density at radius 2 is 1.35 bits per heavy atom. The van der Waals surface area contributed by atoms with Gasteiger partial charge in [-0.15, -0.1) is 0 Å². The molecule has 0 aromatic heterocycles. The lowest BCUT2D eigenvalue weighted by atomic mass is 9.98. The largest absolute Gasteiger partial charge is 0.452 e. The van der Waals surface area contributed by atoms with E-state index in [-0.39, 0.29) is 29.0 Å². The molecule has 250 valence electrons. The molecule has 3 N–H and O–H groups in total. The highest BCUT2D eigenvalue weighted by atomic mass is 79.9. The van der Waals surface area contributed by atoms with E-state index in [1.807, 2.05) is 4.72 Å². The molecule has 0 saturated carbocycles. The van der Waals surface area contributed by atoms with Crippen LogP contribution in [0.2, 0.25) is 0 Å². The number of amides is 4. The lowest BCUT2D eigenvalue weighted by Crippen LogP contribution is -2.58. The first-order chi connectivity index (χ1) is 21.3. The Labute approximate surface area is 272 Å². The van der Waals surface area contributed by atoms with Gasteiger partial charge in [-0.25, -0.2) is 13.1 Å². The SMILES string of the molecule is CC(C)C(NC(=O)[C@@H]1CCCN1C(=O)[C@@H](NC(=O)c1ccc(C(=O)NS(=O)(=O)c2ccc(Br)cc2)cc1)C(C)C)C(=O)C(F)(F)F. The Kier molecular flexibility index (Phi) is 11.8. The summed E-state index contributed by atoms with van der Waals surface area (Å²) >= 11 is 3.20. The Bertz CT molecular complexity index is 1580. The highest BCUT2D eigenvalue weighted by molar-refractivity contribution is 9.10. The van der Waals surface area contributed by atoms with Gasteiger partial charge >= 0.3 is 6.18 Å². The number of Topliss-reactive ketones (excluding diaryl/α,β-unsaturated/α-hetero) is 1. The van der Waals surface area contributed by atoms with E-state index >= 15 is 0 Å². The van der Waals surface area contributed by atoms with Crippen molar-refractivity contribution in [3.63, 3.8) is 0 Å². The van der Waals surface area contributed by atoms with Crippen molar-refractivity contribution in [3.05, 3.63) is 64.1 Å². The van der Waals surface area contributed by atoms with Crippen molar-refractivity contribution in [1.82, 2.24) is 20.3 Å². The maximum atomic E-state index is 13.6. The fraction of sp³-hybridized carbons (Fsp3) is 0.433. The molecule has 3 atom stereocenters. The van der Waals surface area contributed by atoms with Gasteiger partial charge in [-0.2, -0.15) is 13.2 Å². The Morgan fingerprint density at radius 3 is 1.85 bits per heavy atom. The molecule has 0 aliphatic carbocycles. The van der Waals surface area contributed by atoms with E-state index in [1.165, 1.54) is 67.3 Å². The van der Waals surface area contributed by atoms with Crippen LogP contribution < -0.4 is 15.4 Å². The Hall–Kier alpha value is -3.79. The van der Waals surface area contributed by atoms with Crippen LogP contribution in [0.1, 0.15) is 61.3 Å². The van der Waals surface area contributed by atoms with Crippen LogP contribution in [0.15, 0.2) is 57.9 Å². The minimum Gasteiger partial charge on any atom is -0.344 e. The molecule has 46 heavy (non-hydrogen) atoms. The van der Waals surface area contributed by atoms with Gasteiger partial charge in [0.1, 0.15) is 12.1 Å². The molecule has 4 amide bonds. The van der Waals surface area contributed by atoms with Crippen LogP contribution in [0.5, 0.6) is 0 Å². The molecule has 2 aromatic carbocycles. The molecule has 11 nitrogen and oxygen atoms in total. The normalized spacial score (nSPS) is 16.6. The first-order valence-corrected chi connectivity index (χ1v) is 16.6. The average Bonchev–Trinajstić information content (AvgIpc) is 3.47. The number of alkyl halides is 3. The number of hydrogen-bond donors (Lipinski definition) is 3. The molecule has 1 unspecified atom stereocenters. The highest BCUT2D eigenvalue weighted by Crippen LogP contribution is 2.24. The number of nitrogens with zero attached hydrogens (tertiary/aromatic N) is 1. The monoisotopic (exact) mass is 730 g/mol. The molecule has 0 radical (unpaired) electrons. The number of rotatable bonds is 11. The van der Waals surface area contributed by atoms with Gasteiger partial charge in [0.25, 0.3) is 27.6 Å². The number of benzene rings is 2. The first kappa shape index (κ1) is 36.7.